The lowest BCUT2D eigenvalue weighted by atomic mass is 9.88. The van der Waals surface area contributed by atoms with Gasteiger partial charge in [0.05, 0.1) is 12.3 Å². The van der Waals surface area contributed by atoms with E-state index in [0.29, 0.717) is 36.7 Å². The molecular formula is C28H34N2O5. The summed E-state index contributed by atoms with van der Waals surface area (Å²) in [6.07, 6.45) is 13.7. The molecule has 2 aromatic rings. The number of aryl methyl sites for hydroxylation is 1. The highest BCUT2D eigenvalue weighted by Crippen LogP contribution is 2.36. The minimum atomic E-state index is -1.07. The van der Waals surface area contributed by atoms with Crippen molar-refractivity contribution in [3.8, 4) is 5.75 Å². The molecule has 0 bridgehead atoms. The number of oxazole rings is 1. The van der Waals surface area contributed by atoms with Crippen molar-refractivity contribution in [2.75, 3.05) is 6.61 Å². The van der Waals surface area contributed by atoms with Crippen molar-refractivity contribution < 1.29 is 23.8 Å². The molecule has 3 rings (SSSR count). The first-order chi connectivity index (χ1) is 16.8. The number of hydrogen-bond acceptors (Lipinski definition) is 5. The number of hydrogen-bond donors (Lipinski definition) is 1. The largest absolute Gasteiger partial charge is 0.493 e. The molecule has 1 aromatic heterocycles. The maximum absolute atomic E-state index is 12.8. The summed E-state index contributed by atoms with van der Waals surface area (Å²) in [6, 6.07) is 4.17. The van der Waals surface area contributed by atoms with Crippen LogP contribution in [0.1, 0.15) is 68.1 Å². The lowest BCUT2D eigenvalue weighted by Gasteiger charge is -2.39. The Bertz CT molecular complexity index is 1130. The molecule has 0 saturated carbocycles. The van der Waals surface area contributed by atoms with Crippen molar-refractivity contribution in [2.24, 2.45) is 0 Å². The summed E-state index contributed by atoms with van der Waals surface area (Å²) in [6.45, 7) is 8.09. The van der Waals surface area contributed by atoms with E-state index in [4.69, 9.17) is 9.15 Å². The van der Waals surface area contributed by atoms with E-state index < -0.39 is 12.0 Å². The molecule has 1 amide bonds. The fourth-order valence-electron chi connectivity index (χ4n) is 4.23. The predicted octanol–water partition coefficient (Wildman–Crippen LogP) is 5.45. The second-order valence-corrected chi connectivity index (χ2v) is 8.63. The quantitative estimate of drug-likeness (QED) is 0.361. The Morgan fingerprint density at radius 2 is 2.11 bits per heavy atom. The van der Waals surface area contributed by atoms with Gasteiger partial charge in [0.25, 0.3) is 0 Å². The van der Waals surface area contributed by atoms with Crippen molar-refractivity contribution in [1.29, 1.82) is 0 Å². The number of carbonyl (C=O) groups excluding carboxylic acids is 1. The Balaban J connectivity index is 1.74. The van der Waals surface area contributed by atoms with Crippen LogP contribution in [0, 0.1) is 6.92 Å². The maximum atomic E-state index is 12.8. The molecule has 2 atom stereocenters. The van der Waals surface area contributed by atoms with Gasteiger partial charge in [-0.15, -0.1) is 0 Å². The van der Waals surface area contributed by atoms with Gasteiger partial charge in [0.15, 0.2) is 6.04 Å². The van der Waals surface area contributed by atoms with Crippen LogP contribution in [0.4, 0.5) is 0 Å². The normalized spacial score (nSPS) is 18.0. The molecule has 35 heavy (non-hydrogen) atoms. The number of benzene rings is 1. The first-order valence-electron chi connectivity index (χ1n) is 12.1. The van der Waals surface area contributed by atoms with Gasteiger partial charge in [0.1, 0.15) is 11.5 Å². The Morgan fingerprint density at radius 1 is 1.31 bits per heavy atom. The highest BCUT2D eigenvalue weighted by molar-refractivity contribution is 5.92. The van der Waals surface area contributed by atoms with Crippen LogP contribution < -0.4 is 4.74 Å². The fraction of sp³-hybridized carbons (Fsp3) is 0.393. The molecule has 7 nitrogen and oxygen atoms in total. The summed E-state index contributed by atoms with van der Waals surface area (Å²) < 4.78 is 11.6. The zero-order valence-corrected chi connectivity index (χ0v) is 20.9. The number of carboxylic acid groups (broad SMARTS) is 1. The number of aliphatic carboxylic acids is 1. The number of amides is 1. The third kappa shape index (κ3) is 6.50. The lowest BCUT2D eigenvalue weighted by molar-refractivity contribution is -0.151. The van der Waals surface area contributed by atoms with Gasteiger partial charge in [-0.1, -0.05) is 43.7 Å². The van der Waals surface area contributed by atoms with Crippen LogP contribution in [0.2, 0.25) is 0 Å². The SMILES string of the molecule is CC=CC=CC(=O)N1C(C(=O)O)c2cc(OCCc3nc(C=CCCC)oc3C)ccc2C[C@@H]1C. The van der Waals surface area contributed by atoms with Gasteiger partial charge in [-0.25, -0.2) is 9.78 Å². The van der Waals surface area contributed by atoms with Gasteiger partial charge >= 0.3 is 5.97 Å². The van der Waals surface area contributed by atoms with Crippen molar-refractivity contribution in [2.45, 2.75) is 65.5 Å². The van der Waals surface area contributed by atoms with E-state index in [1.165, 1.54) is 11.0 Å². The van der Waals surface area contributed by atoms with Crippen LogP contribution in [0.5, 0.6) is 5.75 Å². The van der Waals surface area contributed by atoms with E-state index in [0.717, 1.165) is 29.9 Å². The number of aromatic nitrogens is 1. The summed E-state index contributed by atoms with van der Waals surface area (Å²) in [5, 5.41) is 10.0. The van der Waals surface area contributed by atoms with E-state index in [9.17, 15) is 14.7 Å². The van der Waals surface area contributed by atoms with Crippen molar-refractivity contribution in [3.63, 3.8) is 0 Å². The minimum absolute atomic E-state index is 0.242. The fourth-order valence-corrected chi connectivity index (χ4v) is 4.23. The van der Waals surface area contributed by atoms with Crippen LogP contribution in [-0.4, -0.2) is 39.5 Å². The number of fused-ring (bicyclic) bond motifs is 1. The van der Waals surface area contributed by atoms with Crippen molar-refractivity contribution in [1.82, 2.24) is 9.88 Å². The van der Waals surface area contributed by atoms with Crippen LogP contribution in [0.3, 0.4) is 0 Å². The molecule has 0 radical (unpaired) electrons. The molecule has 7 heteroatoms. The molecule has 1 unspecified atom stereocenters. The molecule has 0 saturated heterocycles. The Kier molecular flexibility index (Phi) is 9.06. The number of nitrogens with zero attached hydrogens (tertiary/aromatic N) is 2. The van der Waals surface area contributed by atoms with Crippen molar-refractivity contribution >= 4 is 18.0 Å². The monoisotopic (exact) mass is 478 g/mol. The Hall–Kier alpha value is -3.61. The highest BCUT2D eigenvalue weighted by Gasteiger charge is 2.39. The van der Waals surface area contributed by atoms with E-state index in [1.807, 2.05) is 51.1 Å². The summed E-state index contributed by atoms with van der Waals surface area (Å²) in [7, 11) is 0. The number of carboxylic acids is 1. The average Bonchev–Trinajstić information content (AvgIpc) is 3.17. The molecule has 1 aromatic carbocycles. The lowest BCUT2D eigenvalue weighted by Crippen LogP contribution is -2.48. The van der Waals surface area contributed by atoms with Crippen LogP contribution in [-0.2, 0) is 22.4 Å². The van der Waals surface area contributed by atoms with E-state index in [1.54, 1.807) is 18.2 Å². The summed E-state index contributed by atoms with van der Waals surface area (Å²) in [5.74, 6) is 0.516. The van der Waals surface area contributed by atoms with Gasteiger partial charge in [-0.3, -0.25) is 4.79 Å². The molecular weight excluding hydrogens is 444 g/mol. The standard InChI is InChI=1S/C28H34N2O5/c1-5-7-9-11-25-29-24(20(4)35-25)15-16-34-22-14-13-21-17-19(3)30(26(31)12-10-8-6-2)27(28(32)33)23(21)18-22/h6,8-14,18-19,27H,5,7,15-17H2,1-4H3,(H,32,33)/t19-,27?/m0/s1. The Labute approximate surface area is 206 Å². The molecule has 186 valence electrons. The molecule has 0 fully saturated rings. The van der Waals surface area contributed by atoms with Crippen molar-refractivity contribution in [3.05, 3.63) is 77.1 Å². The highest BCUT2D eigenvalue weighted by atomic mass is 16.5. The van der Waals surface area contributed by atoms with E-state index >= 15 is 0 Å². The second-order valence-electron chi connectivity index (χ2n) is 8.63. The maximum Gasteiger partial charge on any atom is 0.331 e. The second kappa shape index (κ2) is 12.2. The van der Waals surface area contributed by atoms with Gasteiger partial charge < -0.3 is 19.2 Å². The number of unbranched alkanes of at least 4 members (excludes halogenated alkanes) is 1. The van der Waals surface area contributed by atoms with Gasteiger partial charge in [-0.2, -0.15) is 0 Å². The van der Waals surface area contributed by atoms with Gasteiger partial charge in [-0.05, 0) is 62.9 Å². The summed E-state index contributed by atoms with van der Waals surface area (Å²) >= 11 is 0. The number of ether oxygens (including phenoxy) is 1. The Morgan fingerprint density at radius 3 is 2.83 bits per heavy atom. The molecule has 1 aliphatic rings. The summed E-state index contributed by atoms with van der Waals surface area (Å²) in [5.41, 5.74) is 2.33. The van der Waals surface area contributed by atoms with Crippen LogP contribution in [0.25, 0.3) is 6.08 Å². The molecule has 2 heterocycles. The van der Waals surface area contributed by atoms with Crippen LogP contribution >= 0.6 is 0 Å². The average molecular weight is 479 g/mol. The third-order valence-corrected chi connectivity index (χ3v) is 5.94. The van der Waals surface area contributed by atoms with E-state index in [-0.39, 0.29) is 11.9 Å². The topological polar surface area (TPSA) is 92.9 Å². The summed E-state index contributed by atoms with van der Waals surface area (Å²) in [4.78, 5) is 31.0. The number of allylic oxidation sites excluding steroid dienone is 4. The molecule has 1 aliphatic heterocycles. The number of rotatable bonds is 10. The molecule has 0 aliphatic carbocycles. The smallest absolute Gasteiger partial charge is 0.331 e. The van der Waals surface area contributed by atoms with Crippen LogP contribution in [0.15, 0.2) is 53.0 Å². The van der Waals surface area contributed by atoms with Gasteiger partial charge in [0.2, 0.25) is 11.8 Å². The minimum Gasteiger partial charge on any atom is -0.493 e. The zero-order valence-electron chi connectivity index (χ0n) is 20.9. The zero-order chi connectivity index (χ0) is 25.4. The first-order valence-corrected chi connectivity index (χ1v) is 12.1. The molecule has 0 spiro atoms. The predicted molar refractivity (Wildman–Crippen MR) is 135 cm³/mol. The third-order valence-electron chi connectivity index (χ3n) is 5.94. The van der Waals surface area contributed by atoms with E-state index in [2.05, 4.69) is 11.9 Å². The number of carbonyl (C=O) groups is 2. The first kappa shape index (κ1) is 26.0. The molecule has 1 N–H and O–H groups in total. The van der Waals surface area contributed by atoms with Gasteiger partial charge in [0, 0.05) is 18.5 Å².